The monoisotopic (exact) mass is 630 g/mol. The van der Waals surface area contributed by atoms with Crippen molar-refractivity contribution in [2.24, 2.45) is 0 Å². The van der Waals surface area contributed by atoms with Crippen molar-refractivity contribution in [3.63, 3.8) is 0 Å². The van der Waals surface area contributed by atoms with Crippen LogP contribution in [0.15, 0.2) is 152 Å². The van der Waals surface area contributed by atoms with E-state index in [-0.39, 0.29) is 5.56 Å². The molecular formula is C43H26N4O2. The van der Waals surface area contributed by atoms with Gasteiger partial charge < -0.3 is 5.11 Å². The highest BCUT2D eigenvalue weighted by Crippen LogP contribution is 2.32. The lowest BCUT2D eigenvalue weighted by molar-refractivity contribution is 0.0697. The number of rotatable bonds is 5. The van der Waals surface area contributed by atoms with Gasteiger partial charge >= 0.3 is 5.97 Å². The van der Waals surface area contributed by atoms with Crippen LogP contribution in [0.4, 0.5) is 0 Å². The van der Waals surface area contributed by atoms with Gasteiger partial charge in [0.25, 0.3) is 0 Å². The number of carbonyl (C=O) groups is 1. The highest BCUT2D eigenvalue weighted by atomic mass is 16.4. The van der Waals surface area contributed by atoms with Crippen molar-refractivity contribution in [2.45, 2.75) is 0 Å². The number of hydrogen-bond acceptors (Lipinski definition) is 5. The van der Waals surface area contributed by atoms with Gasteiger partial charge in [-0.25, -0.2) is 24.7 Å². The molecule has 1 N–H and O–H groups in total. The van der Waals surface area contributed by atoms with Crippen molar-refractivity contribution in [1.29, 1.82) is 0 Å². The van der Waals surface area contributed by atoms with E-state index in [1.165, 1.54) is 0 Å². The average Bonchev–Trinajstić information content (AvgIpc) is 3.17. The predicted molar refractivity (Wildman–Crippen MR) is 196 cm³/mol. The molecule has 0 saturated carbocycles. The van der Waals surface area contributed by atoms with Crippen LogP contribution in [-0.4, -0.2) is 31.0 Å². The first-order chi connectivity index (χ1) is 24.1. The Balaban J connectivity index is 1.12. The summed E-state index contributed by atoms with van der Waals surface area (Å²) >= 11 is 0. The van der Waals surface area contributed by atoms with Crippen molar-refractivity contribution < 1.29 is 9.90 Å². The Bertz CT molecular complexity index is 2740. The molecule has 0 aliphatic rings. The molecule has 9 aromatic rings. The molecule has 4 heterocycles. The molecule has 230 valence electrons. The van der Waals surface area contributed by atoms with Crippen molar-refractivity contribution >= 4 is 49.6 Å². The number of aromatic carboxylic acids is 1. The molecule has 5 aromatic carbocycles. The van der Waals surface area contributed by atoms with Crippen LogP contribution in [0.1, 0.15) is 10.4 Å². The lowest BCUT2D eigenvalue weighted by atomic mass is 10.0. The summed E-state index contributed by atoms with van der Waals surface area (Å²) in [6.45, 7) is 0. The number of nitrogens with zero attached hydrogens (tertiary/aromatic N) is 4. The minimum Gasteiger partial charge on any atom is -0.478 e. The molecule has 0 radical (unpaired) electrons. The largest absolute Gasteiger partial charge is 0.478 e. The summed E-state index contributed by atoms with van der Waals surface area (Å²) in [5.74, 6) is -0.955. The standard InChI is InChI=1S/C43H26N4O2/c48-43(49)32-15-9-27(10-16-32)36-22-18-29-12-14-31-20-24-38(47-42(31)40(29)45-36)34-8-4-7-33(25-34)37-23-19-30-13-11-28-17-21-35(26-5-2-1-3-6-26)44-39(28)41(30)46-37/h1-25H,(H,48,49). The third-order valence-electron chi connectivity index (χ3n) is 8.99. The van der Waals surface area contributed by atoms with Crippen LogP contribution in [0.25, 0.3) is 88.6 Å². The van der Waals surface area contributed by atoms with Crippen LogP contribution < -0.4 is 0 Å². The fourth-order valence-corrected chi connectivity index (χ4v) is 6.41. The van der Waals surface area contributed by atoms with Gasteiger partial charge in [0.2, 0.25) is 0 Å². The summed E-state index contributed by atoms with van der Waals surface area (Å²) in [6, 6.07) is 50.1. The summed E-state index contributed by atoms with van der Waals surface area (Å²) in [5.41, 5.74) is 10.8. The average molecular weight is 631 g/mol. The van der Waals surface area contributed by atoms with Gasteiger partial charge in [-0.3, -0.25) is 0 Å². The number of hydrogen-bond donors (Lipinski definition) is 1. The molecule has 6 nitrogen and oxygen atoms in total. The van der Waals surface area contributed by atoms with Crippen LogP contribution in [0.3, 0.4) is 0 Å². The maximum absolute atomic E-state index is 11.3. The minimum atomic E-state index is -0.955. The number of carboxylic acids is 1. The van der Waals surface area contributed by atoms with E-state index < -0.39 is 5.97 Å². The third kappa shape index (κ3) is 5.12. The summed E-state index contributed by atoms with van der Waals surface area (Å²) in [7, 11) is 0. The first kappa shape index (κ1) is 28.4. The highest BCUT2D eigenvalue weighted by Gasteiger charge is 2.12. The van der Waals surface area contributed by atoms with E-state index in [0.717, 1.165) is 88.6 Å². The molecule has 0 bridgehead atoms. The summed E-state index contributed by atoms with van der Waals surface area (Å²) < 4.78 is 0. The zero-order chi connectivity index (χ0) is 32.9. The Kier molecular flexibility index (Phi) is 6.66. The topological polar surface area (TPSA) is 88.9 Å². The van der Waals surface area contributed by atoms with Crippen molar-refractivity contribution in [3.05, 3.63) is 157 Å². The Hall–Kier alpha value is -6.79. The fourth-order valence-electron chi connectivity index (χ4n) is 6.41. The Morgan fingerprint density at radius 2 is 0.714 bits per heavy atom. The number of fused-ring (bicyclic) bond motifs is 6. The lowest BCUT2D eigenvalue weighted by Crippen LogP contribution is -1.95. The van der Waals surface area contributed by atoms with E-state index in [2.05, 4.69) is 84.9 Å². The van der Waals surface area contributed by atoms with Gasteiger partial charge in [0, 0.05) is 43.8 Å². The molecule has 0 aliphatic carbocycles. The maximum atomic E-state index is 11.3. The number of carboxylic acid groups (broad SMARTS) is 1. The van der Waals surface area contributed by atoms with Crippen molar-refractivity contribution in [1.82, 2.24) is 19.9 Å². The van der Waals surface area contributed by atoms with Gasteiger partial charge in [0.15, 0.2) is 0 Å². The molecule has 9 rings (SSSR count). The summed E-state index contributed by atoms with van der Waals surface area (Å²) in [5, 5.41) is 13.4. The SMILES string of the molecule is O=C(O)c1ccc(-c2ccc3ccc4ccc(-c5cccc(-c6ccc7ccc8ccc(-c9ccccc9)nc8c7n6)c5)nc4c3n2)cc1. The van der Waals surface area contributed by atoms with Crippen LogP contribution in [0.2, 0.25) is 0 Å². The van der Waals surface area contributed by atoms with Gasteiger partial charge in [0.1, 0.15) is 0 Å². The van der Waals surface area contributed by atoms with Gasteiger partial charge in [-0.1, -0.05) is 109 Å². The lowest BCUT2D eigenvalue weighted by Gasteiger charge is -2.10. The number of pyridine rings is 4. The second-order valence-corrected chi connectivity index (χ2v) is 12.0. The van der Waals surface area contributed by atoms with Crippen LogP contribution in [0, 0.1) is 0 Å². The zero-order valence-corrected chi connectivity index (χ0v) is 26.1. The quantitative estimate of drug-likeness (QED) is 0.190. The van der Waals surface area contributed by atoms with Crippen LogP contribution in [-0.2, 0) is 0 Å². The third-order valence-corrected chi connectivity index (χ3v) is 8.99. The van der Waals surface area contributed by atoms with Crippen molar-refractivity contribution in [2.75, 3.05) is 0 Å². The number of benzene rings is 5. The Morgan fingerprint density at radius 1 is 0.367 bits per heavy atom. The molecule has 0 amide bonds. The molecule has 49 heavy (non-hydrogen) atoms. The minimum absolute atomic E-state index is 0.240. The zero-order valence-electron chi connectivity index (χ0n) is 26.1. The van der Waals surface area contributed by atoms with Gasteiger partial charge in [0.05, 0.1) is 50.4 Å². The highest BCUT2D eigenvalue weighted by molar-refractivity contribution is 6.05. The molecule has 0 saturated heterocycles. The van der Waals surface area contributed by atoms with E-state index in [9.17, 15) is 9.90 Å². The van der Waals surface area contributed by atoms with E-state index >= 15 is 0 Å². The molecule has 0 atom stereocenters. The normalized spacial score (nSPS) is 11.4. The fraction of sp³-hybridized carbons (Fsp3) is 0. The molecule has 0 aliphatic heterocycles. The molecular weight excluding hydrogens is 604 g/mol. The summed E-state index contributed by atoms with van der Waals surface area (Å²) in [6.07, 6.45) is 0. The smallest absolute Gasteiger partial charge is 0.335 e. The van der Waals surface area contributed by atoms with E-state index in [1.807, 2.05) is 42.5 Å². The Morgan fingerprint density at radius 3 is 1.12 bits per heavy atom. The van der Waals surface area contributed by atoms with E-state index in [4.69, 9.17) is 19.9 Å². The van der Waals surface area contributed by atoms with E-state index in [1.54, 1.807) is 24.3 Å². The maximum Gasteiger partial charge on any atom is 0.335 e. The molecule has 6 heteroatoms. The van der Waals surface area contributed by atoms with Crippen LogP contribution in [0.5, 0.6) is 0 Å². The van der Waals surface area contributed by atoms with E-state index in [0.29, 0.717) is 0 Å². The first-order valence-corrected chi connectivity index (χ1v) is 16.0. The van der Waals surface area contributed by atoms with Crippen LogP contribution >= 0.6 is 0 Å². The Labute approximate surface area is 281 Å². The van der Waals surface area contributed by atoms with Gasteiger partial charge in [-0.2, -0.15) is 0 Å². The second kappa shape index (κ2) is 11.5. The van der Waals surface area contributed by atoms with Gasteiger partial charge in [-0.15, -0.1) is 0 Å². The van der Waals surface area contributed by atoms with Crippen molar-refractivity contribution in [3.8, 4) is 45.0 Å². The molecule has 0 spiro atoms. The molecule has 0 fully saturated rings. The molecule has 4 aromatic heterocycles. The van der Waals surface area contributed by atoms with Gasteiger partial charge in [-0.05, 0) is 42.5 Å². The predicted octanol–water partition coefficient (Wildman–Crippen LogP) is 10.2. The second-order valence-electron chi connectivity index (χ2n) is 12.0. The molecule has 0 unspecified atom stereocenters. The first-order valence-electron chi connectivity index (χ1n) is 16.0. The number of aromatic nitrogens is 4. The summed E-state index contributed by atoms with van der Waals surface area (Å²) in [4.78, 5) is 31.7.